The zero-order valence-corrected chi connectivity index (χ0v) is 16.1. The Morgan fingerprint density at radius 2 is 1.70 bits per heavy atom. The van der Waals surface area contributed by atoms with E-state index in [2.05, 4.69) is 63.7 Å². The van der Waals surface area contributed by atoms with Crippen LogP contribution in [0.1, 0.15) is 44.6 Å². The highest BCUT2D eigenvalue weighted by atomic mass is 79.9. The summed E-state index contributed by atoms with van der Waals surface area (Å²) in [5, 5.41) is 13.3. The summed E-state index contributed by atoms with van der Waals surface area (Å²) in [6.07, 6.45) is 0.991. The molecule has 0 unspecified atom stereocenters. The van der Waals surface area contributed by atoms with Gasteiger partial charge in [-0.25, -0.2) is 4.79 Å². The standard InChI is InChI=1S/C23H18BrNO2/c24-15-10-8-13(9-11-15)21-19-12-14-4-1-2-5-16(14)20(19)17-6-3-7-18(23(26)27)22(17)25-21/h1-11,19-21,25H,12H2,(H,26,27)/t19-,20-,21-/m1/s1. The first kappa shape index (κ1) is 16.6. The number of anilines is 1. The van der Waals surface area contributed by atoms with Crippen molar-refractivity contribution in [2.75, 3.05) is 5.32 Å². The lowest BCUT2D eigenvalue weighted by Crippen LogP contribution is -2.31. The Morgan fingerprint density at radius 1 is 0.963 bits per heavy atom. The van der Waals surface area contributed by atoms with Gasteiger partial charge in [-0.2, -0.15) is 0 Å². The highest BCUT2D eigenvalue weighted by Gasteiger charge is 2.44. The fourth-order valence-electron chi connectivity index (χ4n) is 4.77. The van der Waals surface area contributed by atoms with Crippen LogP contribution in [0.15, 0.2) is 71.2 Å². The Balaban J connectivity index is 1.72. The average molecular weight is 420 g/mol. The van der Waals surface area contributed by atoms with Crippen molar-refractivity contribution in [3.63, 3.8) is 0 Å². The SMILES string of the molecule is O=C(O)c1cccc2c1N[C@H](c1ccc(Br)cc1)[C@@H]1Cc3ccccc3[C@H]21. The third-order valence-electron chi connectivity index (χ3n) is 5.89. The molecule has 0 aromatic heterocycles. The van der Waals surface area contributed by atoms with E-state index in [9.17, 15) is 9.90 Å². The topological polar surface area (TPSA) is 49.3 Å². The lowest BCUT2D eigenvalue weighted by atomic mass is 9.75. The predicted octanol–water partition coefficient (Wildman–Crippen LogP) is 5.62. The minimum absolute atomic E-state index is 0.0727. The molecule has 0 amide bonds. The summed E-state index contributed by atoms with van der Waals surface area (Å²) < 4.78 is 1.04. The van der Waals surface area contributed by atoms with Gasteiger partial charge in [0.2, 0.25) is 0 Å². The molecule has 0 saturated carbocycles. The number of benzene rings is 3. The Hall–Kier alpha value is -2.59. The summed E-state index contributed by atoms with van der Waals surface area (Å²) >= 11 is 3.51. The molecule has 1 aliphatic heterocycles. The second-order valence-electron chi connectivity index (χ2n) is 7.29. The fourth-order valence-corrected chi connectivity index (χ4v) is 5.03. The molecule has 0 radical (unpaired) electrons. The first-order valence-corrected chi connectivity index (χ1v) is 9.89. The molecule has 2 N–H and O–H groups in total. The number of hydrogen-bond acceptors (Lipinski definition) is 2. The quantitative estimate of drug-likeness (QED) is 0.566. The summed E-state index contributed by atoms with van der Waals surface area (Å²) in [6, 6.07) is 22.6. The number of aromatic carboxylic acids is 1. The minimum Gasteiger partial charge on any atom is -0.478 e. The Bertz CT molecular complexity index is 1040. The van der Waals surface area contributed by atoms with E-state index in [4.69, 9.17) is 0 Å². The normalized spacial score (nSPS) is 22.3. The van der Waals surface area contributed by atoms with Gasteiger partial charge in [0.25, 0.3) is 0 Å². The number of fused-ring (bicyclic) bond motifs is 5. The van der Waals surface area contributed by atoms with Crippen molar-refractivity contribution >= 4 is 27.6 Å². The summed E-state index contributed by atoms with van der Waals surface area (Å²) in [4.78, 5) is 11.9. The van der Waals surface area contributed by atoms with Crippen molar-refractivity contribution in [3.8, 4) is 0 Å². The van der Waals surface area contributed by atoms with Crippen molar-refractivity contribution < 1.29 is 9.90 Å². The third kappa shape index (κ3) is 2.59. The number of carboxylic acids is 1. The summed E-state index contributed by atoms with van der Waals surface area (Å²) in [6.45, 7) is 0. The van der Waals surface area contributed by atoms with Crippen LogP contribution in [0.5, 0.6) is 0 Å². The number of para-hydroxylation sites is 1. The average Bonchev–Trinajstić information content (AvgIpc) is 3.07. The summed E-state index contributed by atoms with van der Waals surface area (Å²) in [5.74, 6) is -0.316. The van der Waals surface area contributed by atoms with Crippen molar-refractivity contribution in [2.45, 2.75) is 18.4 Å². The molecular weight excluding hydrogens is 402 g/mol. The van der Waals surface area contributed by atoms with Crippen LogP contribution < -0.4 is 5.32 Å². The van der Waals surface area contributed by atoms with E-state index in [-0.39, 0.29) is 12.0 Å². The molecule has 3 atom stereocenters. The van der Waals surface area contributed by atoms with Crippen LogP contribution >= 0.6 is 15.9 Å². The number of hydrogen-bond donors (Lipinski definition) is 2. The highest BCUT2D eigenvalue weighted by molar-refractivity contribution is 9.10. The van der Waals surface area contributed by atoms with Crippen LogP contribution in [0.4, 0.5) is 5.69 Å². The molecule has 134 valence electrons. The molecule has 4 heteroatoms. The molecule has 1 aliphatic carbocycles. The number of nitrogens with one attached hydrogen (secondary N) is 1. The molecule has 27 heavy (non-hydrogen) atoms. The van der Waals surface area contributed by atoms with E-state index in [0.29, 0.717) is 11.5 Å². The number of carboxylic acid groups (broad SMARTS) is 1. The molecule has 0 fully saturated rings. The van der Waals surface area contributed by atoms with Crippen LogP contribution in [0, 0.1) is 5.92 Å². The third-order valence-corrected chi connectivity index (χ3v) is 6.42. The molecule has 3 aromatic rings. The van der Waals surface area contributed by atoms with Gasteiger partial charge in [0.15, 0.2) is 0 Å². The van der Waals surface area contributed by atoms with E-state index < -0.39 is 5.97 Å². The van der Waals surface area contributed by atoms with Crippen LogP contribution in [-0.4, -0.2) is 11.1 Å². The van der Waals surface area contributed by atoms with Gasteiger partial charge in [0.05, 0.1) is 17.3 Å². The van der Waals surface area contributed by atoms with Crippen molar-refractivity contribution in [3.05, 3.63) is 99.0 Å². The minimum atomic E-state index is -0.890. The van der Waals surface area contributed by atoms with Crippen LogP contribution in [-0.2, 0) is 6.42 Å². The van der Waals surface area contributed by atoms with Crippen LogP contribution in [0.2, 0.25) is 0 Å². The van der Waals surface area contributed by atoms with E-state index in [1.165, 1.54) is 16.7 Å². The Kier molecular flexibility index (Phi) is 3.83. The lowest BCUT2D eigenvalue weighted by Gasteiger charge is -2.38. The van der Waals surface area contributed by atoms with Gasteiger partial charge >= 0.3 is 5.97 Å². The Morgan fingerprint density at radius 3 is 2.48 bits per heavy atom. The maximum absolute atomic E-state index is 11.9. The Labute approximate surface area is 166 Å². The van der Waals surface area contributed by atoms with Crippen LogP contribution in [0.25, 0.3) is 0 Å². The predicted molar refractivity (Wildman–Crippen MR) is 109 cm³/mol. The molecule has 3 aromatic carbocycles. The smallest absolute Gasteiger partial charge is 0.337 e. The molecule has 1 heterocycles. The van der Waals surface area contributed by atoms with Crippen LogP contribution in [0.3, 0.4) is 0 Å². The van der Waals surface area contributed by atoms with Crippen molar-refractivity contribution in [2.24, 2.45) is 5.92 Å². The van der Waals surface area contributed by atoms with Gasteiger partial charge in [0, 0.05) is 10.4 Å². The fraction of sp³-hybridized carbons (Fsp3) is 0.174. The maximum atomic E-state index is 11.9. The van der Waals surface area contributed by atoms with Gasteiger partial charge in [-0.05, 0) is 52.8 Å². The molecule has 0 bridgehead atoms. The second-order valence-corrected chi connectivity index (χ2v) is 8.21. The molecule has 2 aliphatic rings. The lowest BCUT2D eigenvalue weighted by molar-refractivity contribution is 0.0697. The van der Waals surface area contributed by atoms with E-state index in [1.807, 2.05) is 18.2 Å². The number of rotatable bonds is 2. The van der Waals surface area contributed by atoms with Gasteiger partial charge < -0.3 is 10.4 Å². The van der Waals surface area contributed by atoms with E-state index in [0.717, 1.165) is 22.1 Å². The highest BCUT2D eigenvalue weighted by Crippen LogP contribution is 2.54. The summed E-state index contributed by atoms with van der Waals surface area (Å²) in [5.41, 5.74) is 6.08. The molecule has 0 saturated heterocycles. The second kappa shape index (κ2) is 6.24. The van der Waals surface area contributed by atoms with E-state index in [1.54, 1.807) is 6.07 Å². The first-order chi connectivity index (χ1) is 13.1. The van der Waals surface area contributed by atoms with Crippen molar-refractivity contribution in [1.82, 2.24) is 0 Å². The zero-order valence-electron chi connectivity index (χ0n) is 14.5. The first-order valence-electron chi connectivity index (χ1n) is 9.09. The van der Waals surface area contributed by atoms with Gasteiger partial charge in [-0.3, -0.25) is 0 Å². The molecule has 0 spiro atoms. The zero-order chi connectivity index (χ0) is 18.5. The van der Waals surface area contributed by atoms with Gasteiger partial charge in [-0.1, -0.05) is 64.5 Å². The molecule has 3 nitrogen and oxygen atoms in total. The summed E-state index contributed by atoms with van der Waals surface area (Å²) in [7, 11) is 0. The largest absolute Gasteiger partial charge is 0.478 e. The molecular formula is C23H18BrNO2. The maximum Gasteiger partial charge on any atom is 0.337 e. The molecule has 5 rings (SSSR count). The number of carbonyl (C=O) groups is 1. The monoisotopic (exact) mass is 419 g/mol. The van der Waals surface area contributed by atoms with E-state index >= 15 is 0 Å². The number of halogens is 1. The van der Waals surface area contributed by atoms with Gasteiger partial charge in [-0.15, -0.1) is 0 Å². The van der Waals surface area contributed by atoms with Gasteiger partial charge in [0.1, 0.15) is 0 Å². The van der Waals surface area contributed by atoms with Crippen molar-refractivity contribution in [1.29, 1.82) is 0 Å².